The van der Waals surface area contributed by atoms with E-state index in [2.05, 4.69) is 20.5 Å². The fraction of sp³-hybridized carbons (Fsp3) is 0.200. The van der Waals surface area contributed by atoms with Crippen LogP contribution >= 0.6 is 11.3 Å². The summed E-state index contributed by atoms with van der Waals surface area (Å²) in [6.07, 6.45) is 1.61. The van der Waals surface area contributed by atoms with E-state index in [1.807, 2.05) is 0 Å². The Morgan fingerprint density at radius 3 is 3.06 bits per heavy atom. The lowest BCUT2D eigenvalue weighted by molar-refractivity contribution is 0.0949. The van der Waals surface area contributed by atoms with Crippen LogP contribution in [-0.4, -0.2) is 28.2 Å². The van der Waals surface area contributed by atoms with Gasteiger partial charge in [-0.3, -0.25) is 4.79 Å². The molecule has 2 rings (SSSR count). The van der Waals surface area contributed by atoms with E-state index in [1.165, 1.54) is 7.11 Å². The first kappa shape index (κ1) is 12.2. The Balaban J connectivity index is 1.97. The van der Waals surface area contributed by atoms with Gasteiger partial charge in [0.25, 0.3) is 5.91 Å². The number of amides is 1. The Morgan fingerprint density at radius 2 is 2.39 bits per heavy atom. The van der Waals surface area contributed by atoms with Crippen LogP contribution in [0.5, 0.6) is 5.88 Å². The number of ether oxygens (including phenoxy) is 1. The molecular weight excluding hydrogens is 254 g/mol. The third-order valence-electron chi connectivity index (χ3n) is 2.10. The van der Waals surface area contributed by atoms with Crippen LogP contribution in [0.3, 0.4) is 0 Å². The largest absolute Gasteiger partial charge is 0.481 e. The molecule has 0 bridgehead atoms. The Hall–Kier alpha value is -2.22. The van der Waals surface area contributed by atoms with Gasteiger partial charge in [-0.05, 0) is 11.6 Å². The number of hydrogen-bond acceptors (Lipinski definition) is 7. The van der Waals surface area contributed by atoms with E-state index in [9.17, 15) is 4.79 Å². The van der Waals surface area contributed by atoms with Crippen LogP contribution in [0.25, 0.3) is 0 Å². The molecule has 0 aliphatic carbocycles. The molecule has 7 nitrogen and oxygen atoms in total. The first-order valence-corrected chi connectivity index (χ1v) is 5.87. The molecule has 3 N–H and O–H groups in total. The summed E-state index contributed by atoms with van der Waals surface area (Å²) in [7, 11) is 1.54. The van der Waals surface area contributed by atoms with Gasteiger partial charge in [-0.2, -0.15) is 0 Å². The highest BCUT2D eigenvalue weighted by molar-refractivity contribution is 7.16. The fourth-order valence-corrected chi connectivity index (χ4v) is 1.78. The number of carbonyl (C=O) groups excluding carboxylic acids is 1. The Kier molecular flexibility index (Phi) is 3.68. The molecular formula is C10H11N5O2S. The van der Waals surface area contributed by atoms with Gasteiger partial charge in [-0.15, -0.1) is 10.2 Å². The van der Waals surface area contributed by atoms with Crippen molar-refractivity contribution in [3.05, 3.63) is 28.9 Å². The van der Waals surface area contributed by atoms with Crippen LogP contribution in [0.1, 0.15) is 15.4 Å². The molecule has 2 heterocycles. The van der Waals surface area contributed by atoms with Gasteiger partial charge in [-0.25, -0.2) is 4.98 Å². The van der Waals surface area contributed by atoms with Crippen LogP contribution in [0, 0.1) is 0 Å². The first-order chi connectivity index (χ1) is 8.69. The van der Waals surface area contributed by atoms with E-state index >= 15 is 0 Å². The second kappa shape index (κ2) is 5.41. The summed E-state index contributed by atoms with van der Waals surface area (Å²) >= 11 is 1.05. The molecule has 0 radical (unpaired) electrons. The molecule has 0 aliphatic rings. The minimum absolute atomic E-state index is 0.244. The molecule has 8 heteroatoms. The van der Waals surface area contributed by atoms with Crippen molar-refractivity contribution in [1.29, 1.82) is 0 Å². The van der Waals surface area contributed by atoms with Crippen molar-refractivity contribution in [2.45, 2.75) is 6.54 Å². The quantitative estimate of drug-likeness (QED) is 0.832. The lowest BCUT2D eigenvalue weighted by atomic mass is 10.2. The number of rotatable bonds is 4. The van der Waals surface area contributed by atoms with Gasteiger partial charge in [0.05, 0.1) is 7.11 Å². The van der Waals surface area contributed by atoms with E-state index in [0.29, 0.717) is 12.4 Å². The van der Waals surface area contributed by atoms with Crippen LogP contribution in [0.15, 0.2) is 18.3 Å². The van der Waals surface area contributed by atoms with Gasteiger partial charge in [0, 0.05) is 18.8 Å². The van der Waals surface area contributed by atoms with Crippen molar-refractivity contribution in [1.82, 2.24) is 20.5 Å². The number of aromatic nitrogens is 3. The number of methoxy groups -OCH3 is 1. The molecule has 0 fully saturated rings. The monoisotopic (exact) mass is 265 g/mol. The van der Waals surface area contributed by atoms with Crippen molar-refractivity contribution >= 4 is 22.4 Å². The molecule has 2 aromatic heterocycles. The van der Waals surface area contributed by atoms with Crippen molar-refractivity contribution in [2.75, 3.05) is 12.8 Å². The number of nitrogens with one attached hydrogen (secondary N) is 1. The van der Waals surface area contributed by atoms with Gasteiger partial charge < -0.3 is 15.8 Å². The normalized spacial score (nSPS) is 10.1. The molecule has 2 aromatic rings. The lowest BCUT2D eigenvalue weighted by Gasteiger charge is -2.04. The zero-order valence-corrected chi connectivity index (χ0v) is 10.4. The Bertz CT molecular complexity index is 557. The number of nitrogens with zero attached hydrogens (tertiary/aromatic N) is 3. The topological polar surface area (TPSA) is 103 Å². The number of nitrogen functional groups attached to an aromatic ring is 1. The second-order valence-corrected chi connectivity index (χ2v) is 4.34. The number of carbonyl (C=O) groups is 1. The molecule has 0 unspecified atom stereocenters. The summed E-state index contributed by atoms with van der Waals surface area (Å²) in [5, 5.41) is 10.5. The maximum absolute atomic E-state index is 11.7. The zero-order valence-electron chi connectivity index (χ0n) is 9.58. The number of pyridine rings is 1. The molecule has 0 saturated heterocycles. The average Bonchev–Trinajstić information content (AvgIpc) is 2.83. The van der Waals surface area contributed by atoms with E-state index in [4.69, 9.17) is 10.5 Å². The van der Waals surface area contributed by atoms with Gasteiger partial charge in [0.2, 0.25) is 16.0 Å². The number of anilines is 1. The van der Waals surface area contributed by atoms with Gasteiger partial charge in [0.15, 0.2) is 0 Å². The third-order valence-corrected chi connectivity index (χ3v) is 2.85. The lowest BCUT2D eigenvalue weighted by Crippen LogP contribution is -2.22. The smallest absolute Gasteiger partial charge is 0.282 e. The second-order valence-electron chi connectivity index (χ2n) is 3.33. The maximum Gasteiger partial charge on any atom is 0.282 e. The van der Waals surface area contributed by atoms with Crippen molar-refractivity contribution in [3.8, 4) is 5.88 Å². The molecule has 18 heavy (non-hydrogen) atoms. The minimum atomic E-state index is -0.306. The third kappa shape index (κ3) is 2.92. The Morgan fingerprint density at radius 1 is 1.56 bits per heavy atom. The highest BCUT2D eigenvalue weighted by Gasteiger charge is 2.11. The van der Waals surface area contributed by atoms with E-state index in [-0.39, 0.29) is 16.0 Å². The summed E-state index contributed by atoms with van der Waals surface area (Å²) in [5.74, 6) is 0.196. The first-order valence-electron chi connectivity index (χ1n) is 5.05. The molecule has 94 valence electrons. The molecule has 0 aromatic carbocycles. The molecule has 1 amide bonds. The van der Waals surface area contributed by atoms with Crippen LogP contribution in [0.4, 0.5) is 5.13 Å². The van der Waals surface area contributed by atoms with Gasteiger partial charge >= 0.3 is 0 Å². The molecule has 0 saturated carbocycles. The van der Waals surface area contributed by atoms with E-state index < -0.39 is 0 Å². The summed E-state index contributed by atoms with van der Waals surface area (Å²) in [5.41, 5.74) is 6.28. The minimum Gasteiger partial charge on any atom is -0.481 e. The van der Waals surface area contributed by atoms with Gasteiger partial charge in [-0.1, -0.05) is 11.3 Å². The predicted octanol–water partition coefficient (Wildman–Crippen LogP) is 0.454. The summed E-state index contributed by atoms with van der Waals surface area (Å²) in [6.45, 7) is 0.358. The van der Waals surface area contributed by atoms with Crippen molar-refractivity contribution < 1.29 is 9.53 Å². The fourth-order valence-electron chi connectivity index (χ4n) is 1.26. The maximum atomic E-state index is 11.7. The SMILES string of the molecule is COc1cc(CNC(=O)c2nnc(N)s2)ccn1. The highest BCUT2D eigenvalue weighted by Crippen LogP contribution is 2.11. The standard InChI is InChI=1S/C10H11N5O2S/c1-17-7-4-6(2-3-12-7)5-13-8(16)9-14-15-10(11)18-9/h2-4H,5H2,1H3,(H2,11,15)(H,13,16). The highest BCUT2D eigenvalue weighted by atomic mass is 32.1. The predicted molar refractivity (Wildman–Crippen MR) is 66.3 cm³/mol. The van der Waals surface area contributed by atoms with Crippen LogP contribution in [-0.2, 0) is 6.54 Å². The zero-order chi connectivity index (χ0) is 13.0. The molecule has 0 aliphatic heterocycles. The summed E-state index contributed by atoms with van der Waals surface area (Å²) < 4.78 is 4.99. The average molecular weight is 265 g/mol. The van der Waals surface area contributed by atoms with Crippen LogP contribution < -0.4 is 15.8 Å². The van der Waals surface area contributed by atoms with E-state index in [1.54, 1.807) is 18.3 Å². The van der Waals surface area contributed by atoms with E-state index in [0.717, 1.165) is 16.9 Å². The van der Waals surface area contributed by atoms with Crippen LogP contribution in [0.2, 0.25) is 0 Å². The van der Waals surface area contributed by atoms with Crippen molar-refractivity contribution in [3.63, 3.8) is 0 Å². The molecule has 0 spiro atoms. The van der Waals surface area contributed by atoms with Crippen molar-refractivity contribution in [2.24, 2.45) is 0 Å². The number of nitrogens with two attached hydrogens (primary N) is 1. The molecule has 0 atom stereocenters. The summed E-state index contributed by atoms with van der Waals surface area (Å²) in [4.78, 5) is 15.7. The van der Waals surface area contributed by atoms with Gasteiger partial charge in [0.1, 0.15) is 0 Å². The Labute approximate surface area is 107 Å². The number of hydrogen-bond donors (Lipinski definition) is 2. The summed E-state index contributed by atoms with van der Waals surface area (Å²) in [6, 6.07) is 3.53.